The molecule has 1 fully saturated rings. The maximum absolute atomic E-state index is 13.8. The molecule has 0 saturated carbocycles. The van der Waals surface area contributed by atoms with Crippen molar-refractivity contribution in [2.75, 3.05) is 26.7 Å². The average Bonchev–Trinajstić information content (AvgIpc) is 3.32. The van der Waals surface area contributed by atoms with Crippen molar-refractivity contribution < 1.29 is 9.53 Å². The first-order valence-electron chi connectivity index (χ1n) is 10.2. The van der Waals surface area contributed by atoms with Crippen LogP contribution in [0.1, 0.15) is 25.0 Å². The highest BCUT2D eigenvalue weighted by Crippen LogP contribution is 2.37. The lowest BCUT2D eigenvalue weighted by atomic mass is 9.89. The first kappa shape index (κ1) is 19.2. The molecule has 6 nitrogen and oxygen atoms in total. The summed E-state index contributed by atoms with van der Waals surface area (Å²) in [7, 11) is 1.93. The Bertz CT molecular complexity index is 785. The molecule has 2 aromatic rings. The van der Waals surface area contributed by atoms with E-state index in [4.69, 9.17) is 4.74 Å². The fraction of sp³-hybridized carbons (Fsp3) is 0.545. The minimum absolute atomic E-state index is 0.133. The van der Waals surface area contributed by atoms with Gasteiger partial charge in [0, 0.05) is 58.5 Å². The number of benzene rings is 1. The summed E-state index contributed by atoms with van der Waals surface area (Å²) in [6.07, 6.45) is 7.32. The lowest BCUT2D eigenvalue weighted by molar-refractivity contribution is -0.153. The molecular weight excluding hydrogens is 352 g/mol. The van der Waals surface area contributed by atoms with Crippen LogP contribution in [0.15, 0.2) is 43.0 Å². The van der Waals surface area contributed by atoms with Gasteiger partial charge in [0.15, 0.2) is 0 Å². The Kier molecular flexibility index (Phi) is 5.25. The zero-order chi connectivity index (χ0) is 19.7. The van der Waals surface area contributed by atoms with Crippen molar-refractivity contribution in [3.05, 3.63) is 54.1 Å². The smallest absolute Gasteiger partial charge is 0.243 e. The van der Waals surface area contributed by atoms with E-state index in [1.807, 2.05) is 22.7 Å². The second kappa shape index (κ2) is 7.68. The van der Waals surface area contributed by atoms with Gasteiger partial charge in [-0.2, -0.15) is 0 Å². The normalized spacial score (nSPS) is 24.1. The fourth-order valence-electron chi connectivity index (χ4n) is 4.77. The number of amides is 1. The molecule has 2 heterocycles. The highest BCUT2D eigenvalue weighted by molar-refractivity contribution is 5.88. The molecule has 0 N–H and O–H groups in total. The van der Waals surface area contributed by atoms with Crippen molar-refractivity contribution in [1.82, 2.24) is 19.4 Å². The maximum atomic E-state index is 13.8. The van der Waals surface area contributed by atoms with Crippen LogP contribution in [0.25, 0.3) is 0 Å². The van der Waals surface area contributed by atoms with Crippen LogP contribution in [-0.2, 0) is 28.9 Å². The number of nitrogens with zero attached hydrogens (tertiary/aromatic N) is 4. The quantitative estimate of drug-likeness (QED) is 0.794. The topological polar surface area (TPSA) is 50.6 Å². The van der Waals surface area contributed by atoms with Crippen molar-refractivity contribution in [3.8, 4) is 0 Å². The van der Waals surface area contributed by atoms with E-state index in [2.05, 4.69) is 48.0 Å². The Balaban J connectivity index is 1.59. The van der Waals surface area contributed by atoms with Crippen molar-refractivity contribution >= 4 is 5.91 Å². The zero-order valence-corrected chi connectivity index (χ0v) is 17.0. The van der Waals surface area contributed by atoms with E-state index in [0.717, 1.165) is 32.5 Å². The maximum Gasteiger partial charge on any atom is 0.243 e. The zero-order valence-electron chi connectivity index (χ0n) is 17.0. The Morgan fingerprint density at radius 3 is 2.43 bits per heavy atom. The summed E-state index contributed by atoms with van der Waals surface area (Å²) in [5.74, 6) is 0.213. The summed E-state index contributed by atoms with van der Waals surface area (Å²) in [5.41, 5.74) is 2.08. The third-order valence-corrected chi connectivity index (χ3v) is 6.11. The van der Waals surface area contributed by atoms with Crippen LogP contribution in [0.3, 0.4) is 0 Å². The second-order valence-electron chi connectivity index (χ2n) is 8.34. The predicted octanol–water partition coefficient (Wildman–Crippen LogP) is 1.99. The van der Waals surface area contributed by atoms with Gasteiger partial charge in [0.1, 0.15) is 5.54 Å². The van der Waals surface area contributed by atoms with Gasteiger partial charge in [0.25, 0.3) is 0 Å². The number of fused-ring (bicyclic) bond motifs is 1. The first-order chi connectivity index (χ1) is 13.5. The van der Waals surface area contributed by atoms with Gasteiger partial charge in [-0.05, 0) is 25.0 Å². The number of carbonyl (C=O) groups excluding carboxylic acids is 1. The van der Waals surface area contributed by atoms with Crippen LogP contribution < -0.4 is 0 Å². The van der Waals surface area contributed by atoms with Crippen LogP contribution >= 0.6 is 0 Å². The predicted molar refractivity (Wildman–Crippen MR) is 108 cm³/mol. The van der Waals surface area contributed by atoms with Gasteiger partial charge in [-0.25, -0.2) is 4.98 Å². The molecular formula is C22H30N4O2. The summed E-state index contributed by atoms with van der Waals surface area (Å²) >= 11 is 0. The standard InChI is InChI=1S/C22H30N4O2/c1-17-14-26(15-18(2)28-17)22(12-19-6-4-5-7-20(19)13-22)21(27)24(3)10-11-25-9-8-23-16-25/h4-9,16-18H,10-15H2,1-3H3/t17-,18+. The minimum Gasteiger partial charge on any atom is -0.373 e. The van der Waals surface area contributed by atoms with E-state index in [1.54, 1.807) is 12.5 Å². The molecule has 0 bridgehead atoms. The first-order valence-corrected chi connectivity index (χ1v) is 10.2. The summed E-state index contributed by atoms with van der Waals surface area (Å²) in [6.45, 7) is 7.21. The summed E-state index contributed by atoms with van der Waals surface area (Å²) in [6, 6.07) is 8.49. The molecule has 0 spiro atoms. The van der Waals surface area contributed by atoms with Crippen LogP contribution in [0.2, 0.25) is 0 Å². The van der Waals surface area contributed by atoms with Crippen LogP contribution in [0.5, 0.6) is 0 Å². The highest BCUT2D eigenvalue weighted by atomic mass is 16.5. The number of hydrogen-bond acceptors (Lipinski definition) is 4. The number of ether oxygens (including phenoxy) is 1. The van der Waals surface area contributed by atoms with E-state index in [0.29, 0.717) is 6.54 Å². The molecule has 0 radical (unpaired) electrons. The van der Waals surface area contributed by atoms with Gasteiger partial charge >= 0.3 is 0 Å². The molecule has 1 amide bonds. The number of imidazole rings is 1. The lowest BCUT2D eigenvalue weighted by Gasteiger charge is -2.47. The van der Waals surface area contributed by atoms with Gasteiger partial charge in [-0.3, -0.25) is 9.69 Å². The van der Waals surface area contributed by atoms with Crippen molar-refractivity contribution in [3.63, 3.8) is 0 Å². The molecule has 1 saturated heterocycles. The lowest BCUT2D eigenvalue weighted by Crippen LogP contribution is -2.64. The number of morpholine rings is 1. The number of hydrogen-bond donors (Lipinski definition) is 0. The van der Waals surface area contributed by atoms with E-state index < -0.39 is 5.54 Å². The number of rotatable bonds is 5. The molecule has 2 aliphatic rings. The highest BCUT2D eigenvalue weighted by Gasteiger charge is 2.51. The third-order valence-electron chi connectivity index (χ3n) is 6.11. The van der Waals surface area contributed by atoms with Crippen molar-refractivity contribution in [2.45, 2.75) is 51.0 Å². The molecule has 4 rings (SSSR count). The van der Waals surface area contributed by atoms with E-state index >= 15 is 0 Å². The van der Waals surface area contributed by atoms with Crippen LogP contribution in [-0.4, -0.2) is 69.7 Å². The van der Waals surface area contributed by atoms with E-state index in [9.17, 15) is 4.79 Å². The number of aromatic nitrogens is 2. The summed E-state index contributed by atoms with van der Waals surface area (Å²) < 4.78 is 7.97. The molecule has 1 aromatic carbocycles. The SMILES string of the molecule is C[C@@H]1CN(C2(C(=O)N(C)CCn3ccnc3)Cc3ccccc3C2)C[C@H](C)O1. The van der Waals surface area contributed by atoms with Crippen LogP contribution in [0, 0.1) is 0 Å². The third kappa shape index (κ3) is 3.59. The largest absolute Gasteiger partial charge is 0.373 e. The molecule has 28 heavy (non-hydrogen) atoms. The number of carbonyl (C=O) groups is 1. The van der Waals surface area contributed by atoms with Gasteiger partial charge < -0.3 is 14.2 Å². The molecule has 2 atom stereocenters. The Morgan fingerprint density at radius 2 is 1.86 bits per heavy atom. The Morgan fingerprint density at radius 1 is 1.21 bits per heavy atom. The van der Waals surface area contributed by atoms with Gasteiger partial charge in [0.05, 0.1) is 18.5 Å². The Hall–Kier alpha value is -2.18. The average molecular weight is 383 g/mol. The van der Waals surface area contributed by atoms with Gasteiger partial charge in [0.2, 0.25) is 5.91 Å². The summed E-state index contributed by atoms with van der Waals surface area (Å²) in [4.78, 5) is 22.2. The van der Waals surface area contributed by atoms with Gasteiger partial charge in [-0.1, -0.05) is 24.3 Å². The van der Waals surface area contributed by atoms with Gasteiger partial charge in [-0.15, -0.1) is 0 Å². The molecule has 1 aliphatic carbocycles. The fourth-order valence-corrected chi connectivity index (χ4v) is 4.77. The molecule has 150 valence electrons. The second-order valence-corrected chi connectivity index (χ2v) is 8.34. The molecule has 1 aliphatic heterocycles. The van der Waals surface area contributed by atoms with Crippen molar-refractivity contribution in [2.24, 2.45) is 0 Å². The molecule has 1 aromatic heterocycles. The molecule has 6 heteroatoms. The van der Waals surface area contributed by atoms with Crippen molar-refractivity contribution in [1.29, 1.82) is 0 Å². The van der Waals surface area contributed by atoms with Crippen LogP contribution in [0.4, 0.5) is 0 Å². The van der Waals surface area contributed by atoms with E-state index in [1.165, 1.54) is 11.1 Å². The molecule has 0 unspecified atom stereocenters. The van der Waals surface area contributed by atoms with E-state index in [-0.39, 0.29) is 18.1 Å². The summed E-state index contributed by atoms with van der Waals surface area (Å²) in [5, 5.41) is 0. The Labute approximate surface area is 167 Å². The number of likely N-dealkylation sites (N-methyl/N-ethyl adjacent to an activating group) is 1. The monoisotopic (exact) mass is 382 g/mol. The minimum atomic E-state index is -0.514.